The van der Waals surface area contributed by atoms with Gasteiger partial charge in [0.25, 0.3) is 0 Å². The number of aliphatic carboxylic acids is 1. The van der Waals surface area contributed by atoms with Crippen molar-refractivity contribution >= 4 is 29.2 Å². The van der Waals surface area contributed by atoms with Gasteiger partial charge in [0.05, 0.1) is 5.92 Å². The fraction of sp³-hybridized carbons (Fsp3) is 0.579. The SMILES string of the molecule is O=C(O)C1CCCC(N2CCCCC(Nc3cc(F)cc(Cl)c3)C2=O)C1. The van der Waals surface area contributed by atoms with E-state index in [1.807, 2.05) is 4.90 Å². The predicted molar refractivity (Wildman–Crippen MR) is 97.8 cm³/mol. The van der Waals surface area contributed by atoms with Gasteiger partial charge in [0.1, 0.15) is 11.9 Å². The average molecular weight is 383 g/mol. The minimum absolute atomic E-state index is 0.0288. The molecule has 3 rings (SSSR count). The lowest BCUT2D eigenvalue weighted by molar-refractivity contribution is -0.145. The Bertz CT molecular complexity index is 664. The highest BCUT2D eigenvalue weighted by molar-refractivity contribution is 6.30. The zero-order chi connectivity index (χ0) is 18.7. The minimum Gasteiger partial charge on any atom is -0.481 e. The first-order chi connectivity index (χ1) is 12.4. The lowest BCUT2D eigenvalue weighted by Gasteiger charge is -2.37. The fourth-order valence-corrected chi connectivity index (χ4v) is 4.29. The van der Waals surface area contributed by atoms with Crippen LogP contribution in [0.4, 0.5) is 10.1 Å². The van der Waals surface area contributed by atoms with E-state index in [1.54, 1.807) is 6.07 Å². The maximum atomic E-state index is 13.6. The number of likely N-dealkylation sites (tertiary alicyclic amines) is 1. The van der Waals surface area contributed by atoms with Crippen LogP contribution >= 0.6 is 11.6 Å². The molecule has 0 aromatic heterocycles. The van der Waals surface area contributed by atoms with E-state index in [4.69, 9.17) is 11.6 Å². The van der Waals surface area contributed by atoms with E-state index in [2.05, 4.69) is 5.32 Å². The molecule has 1 amide bonds. The molecule has 2 fully saturated rings. The maximum absolute atomic E-state index is 13.6. The van der Waals surface area contributed by atoms with E-state index in [1.165, 1.54) is 12.1 Å². The molecule has 1 aromatic rings. The van der Waals surface area contributed by atoms with Crippen LogP contribution in [0.3, 0.4) is 0 Å². The van der Waals surface area contributed by atoms with E-state index >= 15 is 0 Å². The molecule has 1 aromatic carbocycles. The molecule has 3 atom stereocenters. The van der Waals surface area contributed by atoms with Crippen LogP contribution in [0.2, 0.25) is 5.02 Å². The van der Waals surface area contributed by atoms with Gasteiger partial charge in [0.15, 0.2) is 0 Å². The van der Waals surface area contributed by atoms with Gasteiger partial charge in [-0.15, -0.1) is 0 Å². The van der Waals surface area contributed by atoms with Crippen molar-refractivity contribution in [2.45, 2.75) is 57.0 Å². The summed E-state index contributed by atoms with van der Waals surface area (Å²) < 4.78 is 13.6. The number of hydrogen-bond donors (Lipinski definition) is 2. The molecule has 1 heterocycles. The summed E-state index contributed by atoms with van der Waals surface area (Å²) in [6.07, 6.45) is 5.30. The number of carbonyl (C=O) groups excluding carboxylic acids is 1. The van der Waals surface area contributed by atoms with Crippen molar-refractivity contribution in [3.05, 3.63) is 29.0 Å². The number of hydrogen-bond acceptors (Lipinski definition) is 3. The summed E-state index contributed by atoms with van der Waals surface area (Å²) in [5, 5.41) is 12.7. The van der Waals surface area contributed by atoms with Gasteiger partial charge in [-0.05, 0) is 56.7 Å². The number of carboxylic acids is 1. The summed E-state index contributed by atoms with van der Waals surface area (Å²) in [6.45, 7) is 0.651. The molecule has 7 heteroatoms. The molecule has 1 saturated carbocycles. The molecular formula is C19H24ClFN2O3. The number of nitrogens with one attached hydrogen (secondary N) is 1. The molecule has 0 spiro atoms. The van der Waals surface area contributed by atoms with Crippen LogP contribution in [0.5, 0.6) is 0 Å². The number of anilines is 1. The Morgan fingerprint density at radius 1 is 1.19 bits per heavy atom. The fourth-order valence-electron chi connectivity index (χ4n) is 4.07. The summed E-state index contributed by atoms with van der Waals surface area (Å²) in [6, 6.07) is 3.68. The summed E-state index contributed by atoms with van der Waals surface area (Å²) in [7, 11) is 0. The summed E-state index contributed by atoms with van der Waals surface area (Å²) in [5.41, 5.74) is 0.488. The number of amides is 1. The summed E-state index contributed by atoms with van der Waals surface area (Å²) >= 11 is 5.90. The number of rotatable bonds is 4. The number of halogens is 2. The van der Waals surface area contributed by atoms with Gasteiger partial charge in [-0.1, -0.05) is 18.0 Å². The Balaban J connectivity index is 1.73. The molecule has 1 saturated heterocycles. The van der Waals surface area contributed by atoms with E-state index in [9.17, 15) is 19.1 Å². The van der Waals surface area contributed by atoms with Crippen LogP contribution in [-0.4, -0.2) is 40.5 Å². The van der Waals surface area contributed by atoms with Crippen LogP contribution in [0.15, 0.2) is 18.2 Å². The molecule has 142 valence electrons. The van der Waals surface area contributed by atoms with Crippen LogP contribution < -0.4 is 5.32 Å². The van der Waals surface area contributed by atoms with Crippen LogP contribution in [0.1, 0.15) is 44.9 Å². The smallest absolute Gasteiger partial charge is 0.306 e. The number of carbonyl (C=O) groups is 2. The third-order valence-electron chi connectivity index (χ3n) is 5.36. The third-order valence-corrected chi connectivity index (χ3v) is 5.58. The van der Waals surface area contributed by atoms with Gasteiger partial charge < -0.3 is 15.3 Å². The van der Waals surface area contributed by atoms with Gasteiger partial charge in [-0.25, -0.2) is 4.39 Å². The Morgan fingerprint density at radius 3 is 2.73 bits per heavy atom. The van der Waals surface area contributed by atoms with Crippen molar-refractivity contribution in [3.8, 4) is 0 Å². The summed E-state index contributed by atoms with van der Waals surface area (Å²) in [5.74, 6) is -1.63. The Hall–Kier alpha value is -1.82. The average Bonchev–Trinajstić information content (AvgIpc) is 2.76. The topological polar surface area (TPSA) is 69.6 Å². The first kappa shape index (κ1) is 19.0. The van der Waals surface area contributed by atoms with Crippen LogP contribution in [-0.2, 0) is 9.59 Å². The Morgan fingerprint density at radius 2 is 2.00 bits per heavy atom. The van der Waals surface area contributed by atoms with Gasteiger partial charge >= 0.3 is 5.97 Å². The lowest BCUT2D eigenvalue weighted by Crippen LogP contribution is -2.49. The summed E-state index contributed by atoms with van der Waals surface area (Å²) in [4.78, 5) is 26.3. The monoisotopic (exact) mass is 382 g/mol. The second-order valence-corrected chi connectivity index (χ2v) is 7.67. The van der Waals surface area contributed by atoms with Gasteiger partial charge in [0, 0.05) is 23.3 Å². The van der Waals surface area contributed by atoms with Crippen molar-refractivity contribution in [2.75, 3.05) is 11.9 Å². The highest BCUT2D eigenvalue weighted by atomic mass is 35.5. The van der Waals surface area contributed by atoms with Gasteiger partial charge in [-0.2, -0.15) is 0 Å². The second-order valence-electron chi connectivity index (χ2n) is 7.24. The third kappa shape index (κ3) is 4.47. The molecule has 26 heavy (non-hydrogen) atoms. The van der Waals surface area contributed by atoms with Crippen molar-refractivity contribution in [3.63, 3.8) is 0 Å². The highest BCUT2D eigenvalue weighted by Crippen LogP contribution is 2.30. The Kier molecular flexibility index (Phi) is 6.01. The molecule has 5 nitrogen and oxygen atoms in total. The van der Waals surface area contributed by atoms with Crippen LogP contribution in [0.25, 0.3) is 0 Å². The van der Waals surface area contributed by atoms with Crippen molar-refractivity contribution in [2.24, 2.45) is 5.92 Å². The van der Waals surface area contributed by atoms with E-state index < -0.39 is 17.8 Å². The zero-order valence-corrected chi connectivity index (χ0v) is 15.3. The normalized spacial score (nSPS) is 27.1. The van der Waals surface area contributed by atoms with Crippen molar-refractivity contribution in [1.82, 2.24) is 4.90 Å². The van der Waals surface area contributed by atoms with Crippen molar-refractivity contribution < 1.29 is 19.1 Å². The second kappa shape index (κ2) is 8.25. The number of nitrogens with zero attached hydrogens (tertiary/aromatic N) is 1. The molecular weight excluding hydrogens is 359 g/mol. The quantitative estimate of drug-likeness (QED) is 0.828. The van der Waals surface area contributed by atoms with E-state index in [0.29, 0.717) is 31.5 Å². The molecule has 0 bridgehead atoms. The van der Waals surface area contributed by atoms with Crippen molar-refractivity contribution in [1.29, 1.82) is 0 Å². The Labute approximate surface area is 157 Å². The molecule has 1 aliphatic heterocycles. The highest BCUT2D eigenvalue weighted by Gasteiger charge is 2.36. The first-order valence-corrected chi connectivity index (χ1v) is 9.58. The lowest BCUT2D eigenvalue weighted by atomic mass is 9.84. The minimum atomic E-state index is -0.777. The molecule has 2 aliphatic rings. The van der Waals surface area contributed by atoms with Gasteiger partial charge in [0.2, 0.25) is 5.91 Å². The first-order valence-electron chi connectivity index (χ1n) is 9.20. The van der Waals surface area contributed by atoms with E-state index in [-0.39, 0.29) is 22.9 Å². The molecule has 2 N–H and O–H groups in total. The molecule has 3 unspecified atom stereocenters. The van der Waals surface area contributed by atoms with E-state index in [0.717, 1.165) is 25.7 Å². The molecule has 1 aliphatic carbocycles. The van der Waals surface area contributed by atoms with Crippen LogP contribution in [0, 0.1) is 11.7 Å². The largest absolute Gasteiger partial charge is 0.481 e. The molecule has 0 radical (unpaired) electrons. The maximum Gasteiger partial charge on any atom is 0.306 e. The van der Waals surface area contributed by atoms with Gasteiger partial charge in [-0.3, -0.25) is 9.59 Å². The zero-order valence-electron chi connectivity index (χ0n) is 14.6. The number of carboxylic acid groups (broad SMARTS) is 1. The standard InChI is InChI=1S/C19H24ClFN2O3/c20-13-9-14(21)11-15(10-13)22-17-6-1-2-7-23(18(17)24)16-5-3-4-12(8-16)19(25)26/h9-12,16-17,22H,1-8H2,(H,25,26). The predicted octanol–water partition coefficient (Wildman–Crippen LogP) is 3.92. The number of benzene rings is 1.